The Bertz CT molecular complexity index is 1270. The average molecular weight is 489 g/mol. The van der Waals surface area contributed by atoms with Crippen molar-refractivity contribution in [2.75, 3.05) is 19.2 Å². The van der Waals surface area contributed by atoms with Crippen molar-refractivity contribution in [2.24, 2.45) is 0 Å². The summed E-state index contributed by atoms with van der Waals surface area (Å²) in [5, 5.41) is 2.96. The molecule has 2 aliphatic heterocycles. The lowest BCUT2D eigenvalue weighted by molar-refractivity contribution is -0.139. The van der Waals surface area contributed by atoms with E-state index in [-0.39, 0.29) is 25.0 Å². The normalized spacial score (nSPS) is 16.1. The van der Waals surface area contributed by atoms with Gasteiger partial charge in [-0.15, -0.1) is 0 Å². The van der Waals surface area contributed by atoms with Gasteiger partial charge in [0.05, 0.1) is 13.5 Å². The number of carbonyl (C=O) groups excluding carboxylic acids is 2. The zero-order valence-corrected chi connectivity index (χ0v) is 20.3. The van der Waals surface area contributed by atoms with Crippen LogP contribution in [0.25, 0.3) is 0 Å². The quantitative estimate of drug-likeness (QED) is 0.534. The summed E-state index contributed by atoms with van der Waals surface area (Å²) in [7, 11) is 1.61. The molecule has 0 aliphatic carbocycles. The van der Waals surface area contributed by atoms with Crippen LogP contribution in [0.5, 0.6) is 23.0 Å². The lowest BCUT2D eigenvalue weighted by Crippen LogP contribution is -2.38. The zero-order valence-electron chi connectivity index (χ0n) is 20.3. The van der Waals surface area contributed by atoms with Crippen LogP contribution in [0.1, 0.15) is 30.0 Å². The molecule has 3 aromatic carbocycles. The highest BCUT2D eigenvalue weighted by Crippen LogP contribution is 2.34. The van der Waals surface area contributed by atoms with Crippen LogP contribution in [0.3, 0.4) is 0 Å². The van der Waals surface area contributed by atoms with Crippen molar-refractivity contribution in [3.8, 4) is 23.0 Å². The van der Waals surface area contributed by atoms with Crippen molar-refractivity contribution in [1.82, 2.24) is 4.90 Å². The number of ether oxygens (including phenoxy) is 4. The molecule has 0 fully saturated rings. The van der Waals surface area contributed by atoms with Gasteiger partial charge in [-0.25, -0.2) is 0 Å². The molecular formula is C28H28N2O6. The molecule has 5 rings (SSSR count). The fourth-order valence-corrected chi connectivity index (χ4v) is 4.37. The largest absolute Gasteiger partial charge is 0.497 e. The number of carbonyl (C=O) groups is 2. The number of methoxy groups -OCH3 is 1. The fourth-order valence-electron chi connectivity index (χ4n) is 4.37. The monoisotopic (exact) mass is 488 g/mol. The van der Waals surface area contributed by atoms with Gasteiger partial charge in [0, 0.05) is 24.3 Å². The minimum absolute atomic E-state index is 0.0727. The Morgan fingerprint density at radius 1 is 1.00 bits per heavy atom. The number of amides is 2. The number of benzene rings is 3. The molecule has 8 heteroatoms. The molecule has 2 amide bonds. The summed E-state index contributed by atoms with van der Waals surface area (Å²) < 4.78 is 22.1. The van der Waals surface area contributed by atoms with E-state index in [1.54, 1.807) is 18.1 Å². The van der Waals surface area contributed by atoms with Gasteiger partial charge < -0.3 is 29.2 Å². The zero-order chi connectivity index (χ0) is 25.1. The average Bonchev–Trinajstić information content (AvgIpc) is 3.31. The molecule has 1 atom stereocenters. The summed E-state index contributed by atoms with van der Waals surface area (Å²) in [5.74, 6) is 2.58. The fraction of sp³-hybridized carbons (Fsp3) is 0.286. The molecular weight excluding hydrogens is 460 g/mol. The van der Waals surface area contributed by atoms with Gasteiger partial charge in [0.25, 0.3) is 5.91 Å². The van der Waals surface area contributed by atoms with Crippen LogP contribution in [-0.2, 0) is 29.1 Å². The predicted octanol–water partition coefficient (Wildman–Crippen LogP) is 4.30. The second-order valence-corrected chi connectivity index (χ2v) is 8.79. The lowest BCUT2D eigenvalue weighted by atomic mass is 10.1. The maximum Gasteiger partial charge on any atom is 0.264 e. The van der Waals surface area contributed by atoms with E-state index in [0.717, 1.165) is 22.4 Å². The van der Waals surface area contributed by atoms with Crippen LogP contribution >= 0.6 is 0 Å². The van der Waals surface area contributed by atoms with E-state index < -0.39 is 6.10 Å². The molecule has 1 N–H and O–H groups in total. The van der Waals surface area contributed by atoms with E-state index in [0.29, 0.717) is 42.4 Å². The summed E-state index contributed by atoms with van der Waals surface area (Å²) in [5.41, 5.74) is 3.32. The van der Waals surface area contributed by atoms with Gasteiger partial charge in [0.2, 0.25) is 12.7 Å². The van der Waals surface area contributed by atoms with Gasteiger partial charge in [-0.3, -0.25) is 9.59 Å². The van der Waals surface area contributed by atoms with Crippen LogP contribution in [0.4, 0.5) is 5.69 Å². The standard InChI is InChI=1S/C28H28N2O6/c1-3-23-28(32)30(15-19-6-10-25-26(12-19)35-17-34-25)16-20-14-21(7-11-24(20)36-23)29-27(31)13-18-4-8-22(33-2)9-5-18/h4-12,14,23H,3,13,15-17H2,1-2H3,(H,29,31). The Morgan fingerprint density at radius 2 is 1.75 bits per heavy atom. The number of fused-ring (bicyclic) bond motifs is 2. The molecule has 0 saturated heterocycles. The maximum absolute atomic E-state index is 13.3. The van der Waals surface area contributed by atoms with Crippen molar-refractivity contribution in [2.45, 2.75) is 39.0 Å². The third-order valence-electron chi connectivity index (χ3n) is 6.27. The van der Waals surface area contributed by atoms with Gasteiger partial charge in [-0.1, -0.05) is 25.1 Å². The molecule has 2 aliphatic rings. The number of anilines is 1. The Labute approximate surface area is 209 Å². The molecule has 8 nitrogen and oxygen atoms in total. The van der Waals surface area contributed by atoms with Crippen molar-refractivity contribution in [1.29, 1.82) is 0 Å². The van der Waals surface area contributed by atoms with Crippen LogP contribution < -0.4 is 24.3 Å². The highest BCUT2D eigenvalue weighted by atomic mass is 16.7. The van der Waals surface area contributed by atoms with Gasteiger partial charge >= 0.3 is 0 Å². The van der Waals surface area contributed by atoms with Crippen molar-refractivity contribution >= 4 is 17.5 Å². The first kappa shape index (κ1) is 23.5. The molecule has 3 aromatic rings. The van der Waals surface area contributed by atoms with E-state index in [1.807, 2.05) is 61.5 Å². The van der Waals surface area contributed by atoms with Crippen LogP contribution in [0.2, 0.25) is 0 Å². The van der Waals surface area contributed by atoms with Gasteiger partial charge in [-0.2, -0.15) is 0 Å². The van der Waals surface area contributed by atoms with Gasteiger partial charge in [-0.05, 0) is 60.0 Å². The molecule has 36 heavy (non-hydrogen) atoms. The number of hydrogen-bond donors (Lipinski definition) is 1. The summed E-state index contributed by atoms with van der Waals surface area (Å²) in [6.07, 6.45) is 0.219. The van der Waals surface area contributed by atoms with Crippen molar-refractivity contribution in [3.05, 3.63) is 77.4 Å². The second-order valence-electron chi connectivity index (χ2n) is 8.79. The number of nitrogens with one attached hydrogen (secondary N) is 1. The van der Waals surface area contributed by atoms with Gasteiger partial charge in [0.1, 0.15) is 11.5 Å². The molecule has 0 aromatic heterocycles. The summed E-state index contributed by atoms with van der Waals surface area (Å²) in [6.45, 7) is 2.90. The number of rotatable bonds is 7. The molecule has 0 bridgehead atoms. The summed E-state index contributed by atoms with van der Waals surface area (Å²) in [6, 6.07) is 18.6. The first-order chi connectivity index (χ1) is 17.5. The second kappa shape index (κ2) is 10.2. The minimum Gasteiger partial charge on any atom is -0.497 e. The van der Waals surface area contributed by atoms with E-state index in [1.165, 1.54) is 0 Å². The number of hydrogen-bond acceptors (Lipinski definition) is 6. The Morgan fingerprint density at radius 3 is 2.53 bits per heavy atom. The van der Waals surface area contributed by atoms with Crippen LogP contribution in [-0.4, -0.2) is 36.7 Å². The Balaban J connectivity index is 1.32. The van der Waals surface area contributed by atoms with Crippen LogP contribution in [0.15, 0.2) is 60.7 Å². The van der Waals surface area contributed by atoms with E-state index in [9.17, 15) is 9.59 Å². The first-order valence-electron chi connectivity index (χ1n) is 11.9. The van der Waals surface area contributed by atoms with Crippen molar-refractivity contribution < 1.29 is 28.5 Å². The highest BCUT2D eigenvalue weighted by Gasteiger charge is 2.30. The molecule has 0 saturated carbocycles. The summed E-state index contributed by atoms with van der Waals surface area (Å²) in [4.78, 5) is 27.7. The maximum atomic E-state index is 13.3. The Kier molecular flexibility index (Phi) is 6.66. The highest BCUT2D eigenvalue weighted by molar-refractivity contribution is 5.92. The van der Waals surface area contributed by atoms with E-state index in [2.05, 4.69) is 5.32 Å². The van der Waals surface area contributed by atoms with Gasteiger partial charge in [0.15, 0.2) is 17.6 Å². The predicted molar refractivity (Wildman–Crippen MR) is 133 cm³/mol. The smallest absolute Gasteiger partial charge is 0.264 e. The van der Waals surface area contributed by atoms with Crippen molar-refractivity contribution in [3.63, 3.8) is 0 Å². The number of nitrogens with zero attached hydrogens (tertiary/aromatic N) is 1. The third kappa shape index (κ3) is 5.07. The molecule has 2 heterocycles. The molecule has 0 spiro atoms. The third-order valence-corrected chi connectivity index (χ3v) is 6.27. The lowest BCUT2D eigenvalue weighted by Gasteiger charge is -2.23. The Hall–Kier alpha value is -4.20. The SMILES string of the molecule is CCC1Oc2ccc(NC(=O)Cc3ccc(OC)cc3)cc2CN(Cc2ccc3c(c2)OCO3)C1=O. The van der Waals surface area contributed by atoms with E-state index >= 15 is 0 Å². The minimum atomic E-state index is -0.573. The first-order valence-corrected chi connectivity index (χ1v) is 11.9. The molecule has 186 valence electrons. The van der Waals surface area contributed by atoms with Crippen LogP contribution in [0, 0.1) is 0 Å². The topological polar surface area (TPSA) is 86.3 Å². The molecule has 1 unspecified atom stereocenters. The van der Waals surface area contributed by atoms with E-state index in [4.69, 9.17) is 18.9 Å². The molecule has 0 radical (unpaired) electrons. The summed E-state index contributed by atoms with van der Waals surface area (Å²) >= 11 is 0.